The zero-order chi connectivity index (χ0) is 16.0. The molecule has 1 N–H and O–H groups in total. The van der Waals surface area contributed by atoms with Crippen LogP contribution in [-0.2, 0) is 11.2 Å². The Labute approximate surface area is 127 Å². The Morgan fingerprint density at radius 2 is 2.05 bits per heavy atom. The molecule has 0 aliphatic carbocycles. The number of aliphatic hydroxyl groups is 1. The van der Waals surface area contributed by atoms with Crippen LogP contribution in [0.25, 0.3) is 6.08 Å². The van der Waals surface area contributed by atoms with Gasteiger partial charge in [-0.25, -0.2) is 4.79 Å². The van der Waals surface area contributed by atoms with E-state index in [1.165, 1.54) is 0 Å². The van der Waals surface area contributed by atoms with Gasteiger partial charge in [-0.1, -0.05) is 12.2 Å². The number of ether oxygens (including phenoxy) is 1. The van der Waals surface area contributed by atoms with Gasteiger partial charge in [0.2, 0.25) is 0 Å². The third-order valence-electron chi connectivity index (χ3n) is 3.32. The number of carbonyl (C=O) groups is 1. The van der Waals surface area contributed by atoms with Gasteiger partial charge in [0.25, 0.3) is 0 Å². The van der Waals surface area contributed by atoms with Crippen molar-refractivity contribution < 1.29 is 14.6 Å². The molecule has 0 amide bonds. The van der Waals surface area contributed by atoms with Crippen molar-refractivity contribution in [1.82, 2.24) is 0 Å². The molecule has 0 bridgehead atoms. The lowest BCUT2D eigenvalue weighted by molar-refractivity contribution is 0.0526. The first kappa shape index (κ1) is 17.4. The summed E-state index contributed by atoms with van der Waals surface area (Å²) in [7, 11) is 0. The van der Waals surface area contributed by atoms with E-state index in [2.05, 4.69) is 0 Å². The van der Waals surface area contributed by atoms with E-state index < -0.39 is 5.60 Å². The van der Waals surface area contributed by atoms with Crippen molar-refractivity contribution in [1.29, 1.82) is 0 Å². The van der Waals surface area contributed by atoms with Crippen LogP contribution in [0, 0.1) is 6.92 Å². The number of hydrogen-bond acceptors (Lipinski definition) is 3. The van der Waals surface area contributed by atoms with Crippen molar-refractivity contribution >= 4 is 12.0 Å². The highest BCUT2D eigenvalue weighted by molar-refractivity contribution is 5.90. The average Bonchev–Trinajstić information content (AvgIpc) is 2.38. The number of allylic oxidation sites excluding steroid dienone is 1. The highest BCUT2D eigenvalue weighted by Gasteiger charge is 2.16. The van der Waals surface area contributed by atoms with E-state index in [9.17, 15) is 9.90 Å². The Hall–Kier alpha value is -1.61. The lowest BCUT2D eigenvalue weighted by Crippen LogP contribution is -2.19. The molecule has 21 heavy (non-hydrogen) atoms. The summed E-state index contributed by atoms with van der Waals surface area (Å²) in [6, 6.07) is 3.74. The van der Waals surface area contributed by atoms with E-state index in [1.807, 2.05) is 38.1 Å². The highest BCUT2D eigenvalue weighted by Crippen LogP contribution is 2.23. The first-order valence-corrected chi connectivity index (χ1v) is 7.44. The van der Waals surface area contributed by atoms with Crippen molar-refractivity contribution in [2.45, 2.75) is 53.1 Å². The topological polar surface area (TPSA) is 46.5 Å². The van der Waals surface area contributed by atoms with E-state index >= 15 is 0 Å². The molecule has 1 rings (SSSR count). The second-order valence-corrected chi connectivity index (χ2v) is 5.90. The Balaban J connectivity index is 3.18. The van der Waals surface area contributed by atoms with Gasteiger partial charge >= 0.3 is 5.97 Å². The molecule has 0 aliphatic rings. The fraction of sp³-hybridized carbons (Fsp3) is 0.500. The van der Waals surface area contributed by atoms with Crippen LogP contribution < -0.4 is 0 Å². The number of hydrogen-bond donors (Lipinski definition) is 1. The molecule has 0 aromatic heterocycles. The van der Waals surface area contributed by atoms with Crippen LogP contribution in [0.3, 0.4) is 0 Å². The monoisotopic (exact) mass is 290 g/mol. The van der Waals surface area contributed by atoms with E-state index in [1.54, 1.807) is 20.8 Å². The van der Waals surface area contributed by atoms with Gasteiger partial charge in [-0.3, -0.25) is 0 Å². The molecule has 0 radical (unpaired) electrons. The zero-order valence-corrected chi connectivity index (χ0v) is 13.7. The summed E-state index contributed by atoms with van der Waals surface area (Å²) in [5.74, 6) is -0.294. The first-order chi connectivity index (χ1) is 9.78. The molecule has 3 heteroatoms. The summed E-state index contributed by atoms with van der Waals surface area (Å²) in [6.45, 7) is 9.72. The molecule has 0 saturated carbocycles. The minimum atomic E-state index is -0.721. The van der Waals surface area contributed by atoms with Gasteiger partial charge in [-0.15, -0.1) is 0 Å². The van der Waals surface area contributed by atoms with Gasteiger partial charge in [0.05, 0.1) is 17.8 Å². The number of benzene rings is 1. The molecule has 0 atom stereocenters. The second kappa shape index (κ2) is 7.41. The minimum Gasteiger partial charge on any atom is -0.462 e. The molecule has 3 nitrogen and oxygen atoms in total. The van der Waals surface area contributed by atoms with Crippen LogP contribution in [0.1, 0.15) is 61.2 Å². The van der Waals surface area contributed by atoms with Crippen LogP contribution in [0.4, 0.5) is 0 Å². The highest BCUT2D eigenvalue weighted by atomic mass is 16.5. The molecule has 1 aromatic carbocycles. The van der Waals surface area contributed by atoms with Gasteiger partial charge in [0.15, 0.2) is 0 Å². The van der Waals surface area contributed by atoms with Crippen molar-refractivity contribution in [2.75, 3.05) is 6.61 Å². The van der Waals surface area contributed by atoms with E-state index in [0.717, 1.165) is 23.1 Å². The maximum Gasteiger partial charge on any atom is 0.338 e. The summed E-state index contributed by atoms with van der Waals surface area (Å²) in [5, 5.41) is 9.92. The molecule has 116 valence electrons. The number of aryl methyl sites for hydroxylation is 2. The molecule has 0 aliphatic heterocycles. The third kappa shape index (κ3) is 5.35. The Bertz CT molecular complexity index is 522. The fourth-order valence-electron chi connectivity index (χ4n) is 2.26. The second-order valence-electron chi connectivity index (χ2n) is 5.90. The quantitative estimate of drug-likeness (QED) is 0.808. The molecular formula is C18H26O3. The van der Waals surface area contributed by atoms with Gasteiger partial charge in [-0.05, 0) is 76.3 Å². The fourth-order valence-corrected chi connectivity index (χ4v) is 2.26. The number of esters is 1. The van der Waals surface area contributed by atoms with E-state index in [0.29, 0.717) is 18.6 Å². The third-order valence-corrected chi connectivity index (χ3v) is 3.32. The maximum atomic E-state index is 11.9. The lowest BCUT2D eigenvalue weighted by Gasteiger charge is -2.19. The summed E-state index contributed by atoms with van der Waals surface area (Å²) in [5.41, 5.74) is 3.09. The molecule has 0 spiro atoms. The summed E-state index contributed by atoms with van der Waals surface area (Å²) in [4.78, 5) is 11.9. The normalized spacial score (nSPS) is 11.9. The first-order valence-electron chi connectivity index (χ1n) is 7.44. The summed E-state index contributed by atoms with van der Waals surface area (Å²) in [6.07, 6.45) is 5.39. The Morgan fingerprint density at radius 3 is 2.57 bits per heavy atom. The zero-order valence-electron chi connectivity index (χ0n) is 13.7. The van der Waals surface area contributed by atoms with Gasteiger partial charge < -0.3 is 9.84 Å². The van der Waals surface area contributed by atoms with Gasteiger partial charge in [-0.2, -0.15) is 0 Å². The molecule has 0 fully saturated rings. The number of carbonyl (C=O) groups excluding carboxylic acids is 1. The maximum absolute atomic E-state index is 11.9. The average molecular weight is 290 g/mol. The molecule has 0 saturated heterocycles. The molecule has 0 unspecified atom stereocenters. The van der Waals surface area contributed by atoms with Crippen LogP contribution in [0.5, 0.6) is 0 Å². The van der Waals surface area contributed by atoms with Crippen LogP contribution in [0.15, 0.2) is 18.2 Å². The SMILES string of the molecule is C/C=C\c1c(C)cc(C(=O)OCC)cc1CCC(C)(C)O. The molecular weight excluding hydrogens is 264 g/mol. The van der Waals surface area contributed by atoms with Gasteiger partial charge in [0, 0.05) is 0 Å². The Morgan fingerprint density at radius 1 is 1.38 bits per heavy atom. The van der Waals surface area contributed by atoms with Crippen LogP contribution >= 0.6 is 0 Å². The van der Waals surface area contributed by atoms with Crippen LogP contribution in [-0.4, -0.2) is 23.3 Å². The molecule has 1 aromatic rings. The Kier molecular flexibility index (Phi) is 6.16. The predicted octanol–water partition coefficient (Wildman–Crippen LogP) is 3.91. The summed E-state index contributed by atoms with van der Waals surface area (Å²) >= 11 is 0. The van der Waals surface area contributed by atoms with Crippen molar-refractivity contribution in [3.8, 4) is 0 Å². The van der Waals surface area contributed by atoms with Crippen molar-refractivity contribution in [3.05, 3.63) is 40.5 Å². The molecule has 0 heterocycles. The predicted molar refractivity (Wildman–Crippen MR) is 86.5 cm³/mol. The largest absolute Gasteiger partial charge is 0.462 e. The van der Waals surface area contributed by atoms with E-state index in [-0.39, 0.29) is 5.97 Å². The van der Waals surface area contributed by atoms with Crippen molar-refractivity contribution in [2.24, 2.45) is 0 Å². The van der Waals surface area contributed by atoms with E-state index in [4.69, 9.17) is 4.74 Å². The van der Waals surface area contributed by atoms with Crippen LogP contribution in [0.2, 0.25) is 0 Å². The lowest BCUT2D eigenvalue weighted by atomic mass is 9.91. The number of rotatable bonds is 6. The summed E-state index contributed by atoms with van der Waals surface area (Å²) < 4.78 is 5.08. The van der Waals surface area contributed by atoms with Crippen molar-refractivity contribution in [3.63, 3.8) is 0 Å². The smallest absolute Gasteiger partial charge is 0.338 e. The minimum absolute atomic E-state index is 0.294. The standard InChI is InChI=1S/C18H26O3/c1-6-8-16-13(3)11-15(17(19)21-7-2)12-14(16)9-10-18(4,5)20/h6,8,11-12,20H,7,9-10H2,1-5H3/b8-6-. The van der Waals surface area contributed by atoms with Gasteiger partial charge in [0.1, 0.15) is 0 Å².